The molecule has 1 heterocycles. The van der Waals surface area contributed by atoms with E-state index in [9.17, 15) is 26.3 Å². The molecule has 138 valence electrons. The summed E-state index contributed by atoms with van der Waals surface area (Å²) in [5.41, 5.74) is 0.310. The fraction of sp³-hybridized carbons (Fsp3) is 0.438. The van der Waals surface area contributed by atoms with Crippen molar-refractivity contribution in [3.8, 4) is 11.3 Å². The molecule has 0 atom stereocenters. The predicted octanol–water partition coefficient (Wildman–Crippen LogP) is 5.71. The number of benzene rings is 1. The van der Waals surface area contributed by atoms with Gasteiger partial charge in [-0.3, -0.25) is 4.68 Å². The van der Waals surface area contributed by atoms with E-state index in [1.54, 1.807) is 12.1 Å². The first-order valence-corrected chi connectivity index (χ1v) is 8.44. The lowest BCUT2D eigenvalue weighted by Gasteiger charge is -2.12. The standard InChI is InChI=1S/C16H16F6N2S/c1-3-4-10-5-6-11(7-13(10)25-9-15(17,18)19)12-8-14(16(20,21)22)23-24(12)2/h5-8H,3-4,9H2,1-2H3. The van der Waals surface area contributed by atoms with E-state index >= 15 is 0 Å². The zero-order valence-corrected chi connectivity index (χ0v) is 14.3. The van der Waals surface area contributed by atoms with E-state index in [0.29, 0.717) is 28.6 Å². The summed E-state index contributed by atoms with van der Waals surface area (Å²) >= 11 is 0.644. The van der Waals surface area contributed by atoms with E-state index in [0.717, 1.165) is 22.7 Å². The van der Waals surface area contributed by atoms with Crippen molar-refractivity contribution in [3.63, 3.8) is 0 Å². The first kappa shape index (κ1) is 19.7. The molecule has 0 bridgehead atoms. The highest BCUT2D eigenvalue weighted by molar-refractivity contribution is 7.99. The number of alkyl halides is 6. The van der Waals surface area contributed by atoms with Gasteiger partial charge in [0.25, 0.3) is 0 Å². The lowest BCUT2D eigenvalue weighted by molar-refractivity contribution is -0.141. The largest absolute Gasteiger partial charge is 0.435 e. The van der Waals surface area contributed by atoms with Gasteiger partial charge in [-0.05, 0) is 24.1 Å². The number of rotatable bonds is 5. The van der Waals surface area contributed by atoms with E-state index in [2.05, 4.69) is 5.10 Å². The maximum Gasteiger partial charge on any atom is 0.435 e. The quantitative estimate of drug-likeness (QED) is 0.487. The fourth-order valence-corrected chi connectivity index (χ4v) is 3.24. The number of hydrogen-bond donors (Lipinski definition) is 0. The van der Waals surface area contributed by atoms with Crippen LogP contribution in [-0.2, 0) is 19.6 Å². The van der Waals surface area contributed by atoms with Gasteiger partial charge in [0.2, 0.25) is 0 Å². The van der Waals surface area contributed by atoms with Crippen LogP contribution in [0, 0.1) is 0 Å². The smallest absolute Gasteiger partial charge is 0.267 e. The van der Waals surface area contributed by atoms with Gasteiger partial charge in [-0.2, -0.15) is 31.4 Å². The minimum Gasteiger partial charge on any atom is -0.267 e. The van der Waals surface area contributed by atoms with Crippen molar-refractivity contribution in [2.45, 2.75) is 37.0 Å². The Morgan fingerprint density at radius 3 is 2.28 bits per heavy atom. The number of hydrogen-bond acceptors (Lipinski definition) is 2. The first-order chi connectivity index (χ1) is 11.5. The van der Waals surface area contributed by atoms with E-state index in [-0.39, 0.29) is 5.69 Å². The van der Waals surface area contributed by atoms with E-state index in [1.165, 1.54) is 13.1 Å². The second-order valence-corrected chi connectivity index (χ2v) is 6.53. The Kier molecular flexibility index (Phi) is 5.75. The highest BCUT2D eigenvalue weighted by Crippen LogP contribution is 2.35. The molecule has 1 aromatic carbocycles. The lowest BCUT2D eigenvalue weighted by atomic mass is 10.1. The Morgan fingerprint density at radius 2 is 1.76 bits per heavy atom. The molecular formula is C16H16F6N2S. The third-order valence-corrected chi connectivity index (χ3v) is 4.61. The molecule has 0 N–H and O–H groups in total. The van der Waals surface area contributed by atoms with Crippen molar-refractivity contribution in [1.29, 1.82) is 0 Å². The average Bonchev–Trinajstić information content (AvgIpc) is 2.88. The predicted molar refractivity (Wildman–Crippen MR) is 84.4 cm³/mol. The Balaban J connectivity index is 2.41. The molecule has 0 unspecified atom stereocenters. The molecule has 2 rings (SSSR count). The van der Waals surface area contributed by atoms with Gasteiger partial charge in [0.05, 0.1) is 11.4 Å². The molecule has 9 heteroatoms. The van der Waals surface area contributed by atoms with Crippen molar-refractivity contribution in [1.82, 2.24) is 9.78 Å². The summed E-state index contributed by atoms with van der Waals surface area (Å²) in [6.07, 6.45) is -7.55. The maximum absolute atomic E-state index is 12.8. The van der Waals surface area contributed by atoms with Gasteiger partial charge in [0, 0.05) is 17.5 Å². The molecule has 0 saturated carbocycles. The van der Waals surface area contributed by atoms with Crippen LogP contribution in [0.15, 0.2) is 29.2 Å². The number of nitrogens with zero attached hydrogens (tertiary/aromatic N) is 2. The van der Waals surface area contributed by atoms with Crippen molar-refractivity contribution in [3.05, 3.63) is 35.5 Å². The van der Waals surface area contributed by atoms with E-state index in [4.69, 9.17) is 0 Å². The molecule has 2 nitrogen and oxygen atoms in total. The van der Waals surface area contributed by atoms with Crippen LogP contribution < -0.4 is 0 Å². The van der Waals surface area contributed by atoms with Crippen LogP contribution in [0.25, 0.3) is 11.3 Å². The topological polar surface area (TPSA) is 17.8 Å². The van der Waals surface area contributed by atoms with Crippen LogP contribution >= 0.6 is 11.8 Å². The summed E-state index contributed by atoms with van der Waals surface area (Å²) < 4.78 is 77.0. The Labute approximate surface area is 145 Å². The zero-order chi connectivity index (χ0) is 18.8. The van der Waals surface area contributed by atoms with Crippen molar-refractivity contribution >= 4 is 11.8 Å². The van der Waals surface area contributed by atoms with E-state index in [1.807, 2.05) is 6.92 Å². The zero-order valence-electron chi connectivity index (χ0n) is 13.5. The van der Waals surface area contributed by atoms with Gasteiger partial charge < -0.3 is 0 Å². The monoisotopic (exact) mass is 382 g/mol. The molecule has 0 saturated heterocycles. The van der Waals surface area contributed by atoms with Crippen molar-refractivity contribution < 1.29 is 26.3 Å². The molecule has 0 amide bonds. The Hall–Kier alpha value is -1.64. The van der Waals surface area contributed by atoms with Gasteiger partial charge in [0.1, 0.15) is 0 Å². The number of halogens is 6. The minimum absolute atomic E-state index is 0.198. The number of aromatic nitrogens is 2. The van der Waals surface area contributed by atoms with Crippen molar-refractivity contribution in [2.24, 2.45) is 7.05 Å². The van der Waals surface area contributed by atoms with Crippen LogP contribution in [0.4, 0.5) is 26.3 Å². The van der Waals surface area contributed by atoms with Crippen LogP contribution in [0.3, 0.4) is 0 Å². The van der Waals surface area contributed by atoms with Crippen LogP contribution in [0.5, 0.6) is 0 Å². The molecule has 0 radical (unpaired) electrons. The average molecular weight is 382 g/mol. The maximum atomic E-state index is 12.8. The molecule has 25 heavy (non-hydrogen) atoms. The molecule has 0 aliphatic heterocycles. The Morgan fingerprint density at radius 1 is 1.08 bits per heavy atom. The molecule has 0 fully saturated rings. The summed E-state index contributed by atoms with van der Waals surface area (Å²) in [5, 5.41) is 3.44. The van der Waals surface area contributed by atoms with E-state index < -0.39 is 23.8 Å². The molecule has 0 spiro atoms. The second-order valence-electron chi connectivity index (χ2n) is 5.51. The van der Waals surface area contributed by atoms with Gasteiger partial charge in [-0.15, -0.1) is 11.8 Å². The highest BCUT2D eigenvalue weighted by Gasteiger charge is 2.34. The first-order valence-electron chi connectivity index (χ1n) is 7.45. The minimum atomic E-state index is -4.58. The van der Waals surface area contributed by atoms with Crippen LogP contribution in [0.1, 0.15) is 24.6 Å². The fourth-order valence-electron chi connectivity index (χ4n) is 2.36. The molecule has 0 aliphatic rings. The highest BCUT2D eigenvalue weighted by atomic mass is 32.2. The SMILES string of the molecule is CCCc1ccc(-c2cc(C(F)(F)F)nn2C)cc1SCC(F)(F)F. The summed E-state index contributed by atoms with van der Waals surface area (Å²) in [4.78, 5) is 0.423. The van der Waals surface area contributed by atoms with Crippen molar-refractivity contribution in [2.75, 3.05) is 5.75 Å². The van der Waals surface area contributed by atoms with Gasteiger partial charge in [-0.25, -0.2) is 0 Å². The number of thioether (sulfide) groups is 1. The summed E-state index contributed by atoms with van der Waals surface area (Å²) in [6, 6.07) is 5.67. The van der Waals surface area contributed by atoms with Gasteiger partial charge in [-0.1, -0.05) is 25.5 Å². The third kappa shape index (κ3) is 5.17. The number of aryl methyl sites for hydroxylation is 2. The normalized spacial score (nSPS) is 12.6. The third-order valence-electron chi connectivity index (χ3n) is 3.44. The van der Waals surface area contributed by atoms with Gasteiger partial charge in [0.15, 0.2) is 5.69 Å². The summed E-state index contributed by atoms with van der Waals surface area (Å²) in [5.74, 6) is -1.05. The molecule has 1 aromatic heterocycles. The second kappa shape index (κ2) is 7.31. The Bertz CT molecular complexity index is 733. The lowest BCUT2D eigenvalue weighted by Crippen LogP contribution is -2.10. The molecular weight excluding hydrogens is 366 g/mol. The van der Waals surface area contributed by atoms with Crippen LogP contribution in [-0.4, -0.2) is 21.7 Å². The van der Waals surface area contributed by atoms with Gasteiger partial charge >= 0.3 is 12.4 Å². The molecule has 2 aromatic rings. The van der Waals surface area contributed by atoms with Crippen LogP contribution in [0.2, 0.25) is 0 Å². The molecule has 0 aliphatic carbocycles. The summed E-state index contributed by atoms with van der Waals surface area (Å²) in [6.45, 7) is 1.91. The summed E-state index contributed by atoms with van der Waals surface area (Å²) in [7, 11) is 1.37.